The van der Waals surface area contributed by atoms with Crippen molar-refractivity contribution in [2.45, 2.75) is 38.7 Å². The highest BCUT2D eigenvalue weighted by Gasteiger charge is 2.07. The molecule has 0 saturated heterocycles. The van der Waals surface area contributed by atoms with Crippen LogP contribution < -0.4 is 10.5 Å². The van der Waals surface area contributed by atoms with Crippen molar-refractivity contribution >= 4 is 0 Å². The second kappa shape index (κ2) is 10.7. The highest BCUT2D eigenvalue weighted by molar-refractivity contribution is 5.29. The standard InChI is InChI=1S/C16H27NO3/c1-2-19-11-4-3-5-12-20-15-8-6-7-14(13-15)16(18)9-10-17/h6-8,13,16,18H,2-5,9-12,17H2,1H3. The van der Waals surface area contributed by atoms with Crippen LogP contribution >= 0.6 is 0 Å². The Kier molecular flexibility index (Phi) is 9.04. The molecule has 1 aromatic rings. The van der Waals surface area contributed by atoms with E-state index in [9.17, 15) is 5.11 Å². The molecule has 3 N–H and O–H groups in total. The van der Waals surface area contributed by atoms with E-state index in [-0.39, 0.29) is 0 Å². The van der Waals surface area contributed by atoms with Gasteiger partial charge in [-0.05, 0) is 56.8 Å². The molecule has 0 aromatic heterocycles. The highest BCUT2D eigenvalue weighted by atomic mass is 16.5. The van der Waals surface area contributed by atoms with Gasteiger partial charge in [-0.15, -0.1) is 0 Å². The molecule has 0 heterocycles. The van der Waals surface area contributed by atoms with E-state index in [1.165, 1.54) is 0 Å². The lowest BCUT2D eigenvalue weighted by molar-refractivity contribution is 0.141. The Morgan fingerprint density at radius 1 is 1.20 bits per heavy atom. The minimum absolute atomic E-state index is 0.478. The number of benzene rings is 1. The van der Waals surface area contributed by atoms with Crippen LogP contribution in [0.1, 0.15) is 44.3 Å². The third kappa shape index (κ3) is 6.89. The molecule has 0 aliphatic carbocycles. The average Bonchev–Trinajstić information content (AvgIpc) is 2.47. The first-order valence-electron chi connectivity index (χ1n) is 7.46. The number of aliphatic hydroxyl groups is 1. The molecule has 0 aliphatic heterocycles. The van der Waals surface area contributed by atoms with Crippen molar-refractivity contribution in [1.29, 1.82) is 0 Å². The number of rotatable bonds is 11. The fraction of sp³-hybridized carbons (Fsp3) is 0.625. The third-order valence-corrected chi connectivity index (χ3v) is 3.09. The van der Waals surface area contributed by atoms with Crippen molar-refractivity contribution in [2.75, 3.05) is 26.4 Å². The van der Waals surface area contributed by atoms with Crippen molar-refractivity contribution < 1.29 is 14.6 Å². The topological polar surface area (TPSA) is 64.7 Å². The van der Waals surface area contributed by atoms with Crippen LogP contribution in [-0.2, 0) is 4.74 Å². The molecule has 0 amide bonds. The van der Waals surface area contributed by atoms with Crippen LogP contribution in [0.4, 0.5) is 0 Å². The number of hydrogen-bond donors (Lipinski definition) is 2. The van der Waals surface area contributed by atoms with Gasteiger partial charge in [0.1, 0.15) is 5.75 Å². The van der Waals surface area contributed by atoms with Gasteiger partial charge >= 0.3 is 0 Å². The van der Waals surface area contributed by atoms with E-state index in [0.29, 0.717) is 19.6 Å². The maximum absolute atomic E-state index is 9.89. The van der Waals surface area contributed by atoms with Gasteiger partial charge < -0.3 is 20.3 Å². The van der Waals surface area contributed by atoms with Crippen LogP contribution in [0.3, 0.4) is 0 Å². The number of unbranched alkanes of at least 4 members (excludes halogenated alkanes) is 2. The largest absolute Gasteiger partial charge is 0.494 e. The summed E-state index contributed by atoms with van der Waals surface area (Å²) in [6.45, 7) is 4.80. The Balaban J connectivity index is 2.25. The Bertz CT molecular complexity index is 357. The molecule has 0 saturated carbocycles. The number of hydrogen-bond acceptors (Lipinski definition) is 4. The molecule has 0 aliphatic rings. The number of nitrogens with two attached hydrogens (primary N) is 1. The number of aliphatic hydroxyl groups excluding tert-OH is 1. The zero-order chi connectivity index (χ0) is 14.6. The van der Waals surface area contributed by atoms with Gasteiger partial charge in [-0.1, -0.05) is 12.1 Å². The van der Waals surface area contributed by atoms with Gasteiger partial charge in [-0.3, -0.25) is 0 Å². The predicted molar refractivity (Wildman–Crippen MR) is 80.9 cm³/mol. The van der Waals surface area contributed by atoms with Crippen molar-refractivity contribution in [2.24, 2.45) is 5.73 Å². The van der Waals surface area contributed by atoms with Crippen LogP contribution in [0.5, 0.6) is 5.75 Å². The van der Waals surface area contributed by atoms with E-state index in [1.807, 2.05) is 31.2 Å². The van der Waals surface area contributed by atoms with Crippen molar-refractivity contribution in [3.63, 3.8) is 0 Å². The minimum atomic E-state index is -0.505. The maximum atomic E-state index is 9.89. The summed E-state index contributed by atoms with van der Waals surface area (Å²) < 4.78 is 11.0. The quantitative estimate of drug-likeness (QED) is 0.612. The second-order valence-electron chi connectivity index (χ2n) is 4.77. The third-order valence-electron chi connectivity index (χ3n) is 3.09. The summed E-state index contributed by atoms with van der Waals surface area (Å²) in [5.41, 5.74) is 6.32. The number of ether oxygens (including phenoxy) is 2. The average molecular weight is 281 g/mol. The highest BCUT2D eigenvalue weighted by Crippen LogP contribution is 2.21. The van der Waals surface area contributed by atoms with E-state index >= 15 is 0 Å². The SMILES string of the molecule is CCOCCCCCOc1cccc(C(O)CCN)c1. The lowest BCUT2D eigenvalue weighted by Gasteiger charge is -2.12. The first-order chi connectivity index (χ1) is 9.77. The van der Waals surface area contributed by atoms with Crippen LogP contribution in [0.15, 0.2) is 24.3 Å². The van der Waals surface area contributed by atoms with Crippen LogP contribution in [-0.4, -0.2) is 31.5 Å². The van der Waals surface area contributed by atoms with E-state index in [4.69, 9.17) is 15.2 Å². The van der Waals surface area contributed by atoms with Gasteiger partial charge in [-0.2, -0.15) is 0 Å². The first kappa shape index (κ1) is 17.0. The summed E-state index contributed by atoms with van der Waals surface area (Å²) in [5, 5.41) is 9.89. The molecule has 0 spiro atoms. The van der Waals surface area contributed by atoms with Gasteiger partial charge in [0.05, 0.1) is 12.7 Å². The van der Waals surface area contributed by atoms with E-state index in [2.05, 4.69) is 0 Å². The van der Waals surface area contributed by atoms with Crippen molar-refractivity contribution in [3.8, 4) is 5.75 Å². The molecule has 4 heteroatoms. The van der Waals surface area contributed by atoms with Gasteiger partial charge in [0, 0.05) is 13.2 Å². The molecular formula is C16H27NO3. The molecule has 1 rings (SSSR count). The van der Waals surface area contributed by atoms with Gasteiger partial charge in [0.2, 0.25) is 0 Å². The summed E-state index contributed by atoms with van der Waals surface area (Å²) in [5.74, 6) is 0.809. The molecule has 1 atom stereocenters. The Morgan fingerprint density at radius 2 is 2.00 bits per heavy atom. The lowest BCUT2D eigenvalue weighted by atomic mass is 10.1. The summed E-state index contributed by atoms with van der Waals surface area (Å²) in [4.78, 5) is 0. The van der Waals surface area contributed by atoms with E-state index in [0.717, 1.165) is 43.8 Å². The monoisotopic (exact) mass is 281 g/mol. The molecule has 1 unspecified atom stereocenters. The zero-order valence-electron chi connectivity index (χ0n) is 12.4. The summed E-state index contributed by atoms with van der Waals surface area (Å²) in [6, 6.07) is 7.61. The summed E-state index contributed by atoms with van der Waals surface area (Å²) in [7, 11) is 0. The molecule has 0 fully saturated rings. The Labute approximate surface area is 121 Å². The zero-order valence-corrected chi connectivity index (χ0v) is 12.4. The van der Waals surface area contributed by atoms with Crippen molar-refractivity contribution in [1.82, 2.24) is 0 Å². The Hall–Kier alpha value is -1.10. The first-order valence-corrected chi connectivity index (χ1v) is 7.46. The van der Waals surface area contributed by atoms with Crippen molar-refractivity contribution in [3.05, 3.63) is 29.8 Å². The summed E-state index contributed by atoms with van der Waals surface area (Å²) in [6.07, 6.45) is 3.26. The molecule has 0 radical (unpaired) electrons. The second-order valence-corrected chi connectivity index (χ2v) is 4.77. The van der Waals surface area contributed by atoms with Gasteiger partial charge in [0.15, 0.2) is 0 Å². The summed E-state index contributed by atoms with van der Waals surface area (Å²) >= 11 is 0. The van der Waals surface area contributed by atoms with Crippen LogP contribution in [0.2, 0.25) is 0 Å². The maximum Gasteiger partial charge on any atom is 0.119 e. The van der Waals surface area contributed by atoms with E-state index in [1.54, 1.807) is 0 Å². The normalized spacial score (nSPS) is 12.3. The van der Waals surface area contributed by atoms with Crippen LogP contribution in [0, 0.1) is 0 Å². The van der Waals surface area contributed by atoms with E-state index < -0.39 is 6.10 Å². The fourth-order valence-corrected chi connectivity index (χ4v) is 1.95. The molecule has 20 heavy (non-hydrogen) atoms. The minimum Gasteiger partial charge on any atom is -0.494 e. The van der Waals surface area contributed by atoms with Gasteiger partial charge in [0.25, 0.3) is 0 Å². The molecule has 0 bridgehead atoms. The molecule has 114 valence electrons. The molecule has 1 aromatic carbocycles. The van der Waals surface area contributed by atoms with Crippen LogP contribution in [0.25, 0.3) is 0 Å². The Morgan fingerprint density at radius 3 is 2.75 bits per heavy atom. The predicted octanol–water partition coefficient (Wildman–Crippen LogP) is 2.65. The van der Waals surface area contributed by atoms with Gasteiger partial charge in [-0.25, -0.2) is 0 Å². The lowest BCUT2D eigenvalue weighted by Crippen LogP contribution is -2.07. The smallest absolute Gasteiger partial charge is 0.119 e. The molecular weight excluding hydrogens is 254 g/mol. The fourth-order valence-electron chi connectivity index (χ4n) is 1.95. The molecule has 4 nitrogen and oxygen atoms in total.